The molecule has 18 heavy (non-hydrogen) atoms. The van der Waals surface area contributed by atoms with Gasteiger partial charge in [-0.1, -0.05) is 22.0 Å². The van der Waals surface area contributed by atoms with E-state index in [0.717, 1.165) is 28.5 Å². The largest absolute Gasteiger partial charge is 0.330 e. The van der Waals surface area contributed by atoms with Crippen molar-refractivity contribution in [2.45, 2.75) is 13.0 Å². The predicted molar refractivity (Wildman–Crippen MR) is 75.4 cm³/mol. The van der Waals surface area contributed by atoms with E-state index in [2.05, 4.69) is 42.6 Å². The molecule has 0 amide bonds. The van der Waals surface area contributed by atoms with Gasteiger partial charge in [-0.3, -0.25) is 4.98 Å². The minimum atomic E-state index is 0.915. The maximum atomic E-state index is 4.40. The molecule has 2 heterocycles. The Balaban J connectivity index is 1.85. The van der Waals surface area contributed by atoms with Crippen LogP contribution in [-0.2, 0) is 13.0 Å². The Morgan fingerprint density at radius 1 is 1.22 bits per heavy atom. The zero-order valence-electron chi connectivity index (χ0n) is 9.75. The molecule has 0 saturated carbocycles. The molecule has 4 heteroatoms. The van der Waals surface area contributed by atoms with Gasteiger partial charge in [-0.2, -0.15) is 0 Å². The zero-order chi connectivity index (χ0) is 12.4. The smallest absolute Gasteiger partial charge is 0.0958 e. The Bertz CT molecular complexity index is 661. The van der Waals surface area contributed by atoms with Crippen LogP contribution in [0.25, 0.3) is 11.0 Å². The Morgan fingerprint density at radius 3 is 3.00 bits per heavy atom. The summed E-state index contributed by atoms with van der Waals surface area (Å²) in [5, 5.41) is 0. The first kappa shape index (κ1) is 11.4. The van der Waals surface area contributed by atoms with E-state index in [-0.39, 0.29) is 0 Å². The molecule has 0 aliphatic carbocycles. The van der Waals surface area contributed by atoms with Crippen molar-refractivity contribution in [2.24, 2.45) is 0 Å². The van der Waals surface area contributed by atoms with E-state index in [1.54, 1.807) is 6.20 Å². The number of aromatic nitrogens is 3. The molecule has 0 aliphatic heterocycles. The lowest BCUT2D eigenvalue weighted by Gasteiger charge is -2.04. The molecule has 3 nitrogen and oxygen atoms in total. The summed E-state index contributed by atoms with van der Waals surface area (Å²) < 4.78 is 3.26. The summed E-state index contributed by atoms with van der Waals surface area (Å²) in [5.74, 6) is 0. The Labute approximate surface area is 114 Å². The molecule has 90 valence electrons. The third kappa shape index (κ3) is 2.29. The van der Waals surface area contributed by atoms with Crippen molar-refractivity contribution in [2.75, 3.05) is 0 Å². The molecule has 3 rings (SSSR count). The van der Waals surface area contributed by atoms with Crippen LogP contribution in [0.4, 0.5) is 0 Å². The van der Waals surface area contributed by atoms with Gasteiger partial charge < -0.3 is 4.57 Å². The van der Waals surface area contributed by atoms with E-state index >= 15 is 0 Å². The summed E-state index contributed by atoms with van der Waals surface area (Å²) >= 11 is 3.50. The molecule has 0 bridgehead atoms. The molecular formula is C14H12BrN3. The second-order valence-electron chi connectivity index (χ2n) is 4.18. The van der Waals surface area contributed by atoms with E-state index in [1.165, 1.54) is 5.56 Å². The van der Waals surface area contributed by atoms with Crippen molar-refractivity contribution < 1.29 is 0 Å². The summed E-state index contributed by atoms with van der Waals surface area (Å²) in [6.07, 6.45) is 6.57. The molecule has 0 aliphatic rings. The monoisotopic (exact) mass is 301 g/mol. The molecule has 1 aromatic carbocycles. The standard InChI is InChI=1S/C14H12BrN3/c15-12-3-4-13-14(8-12)18(10-17-13)7-5-11-2-1-6-16-9-11/h1-4,6,8-10H,5,7H2. The number of halogens is 1. The van der Waals surface area contributed by atoms with Crippen LogP contribution in [0.5, 0.6) is 0 Å². The number of benzene rings is 1. The maximum Gasteiger partial charge on any atom is 0.0958 e. The van der Waals surface area contributed by atoms with Gasteiger partial charge in [0.25, 0.3) is 0 Å². The summed E-state index contributed by atoms with van der Waals surface area (Å²) in [6, 6.07) is 10.2. The molecule has 0 spiro atoms. The fraction of sp³-hybridized carbons (Fsp3) is 0.143. The SMILES string of the molecule is Brc1ccc2ncn(CCc3cccnc3)c2c1. The van der Waals surface area contributed by atoms with E-state index in [1.807, 2.05) is 30.7 Å². The van der Waals surface area contributed by atoms with Crippen molar-refractivity contribution in [1.82, 2.24) is 14.5 Å². The Kier molecular flexibility index (Phi) is 3.11. The van der Waals surface area contributed by atoms with E-state index < -0.39 is 0 Å². The van der Waals surface area contributed by atoms with E-state index in [0.29, 0.717) is 0 Å². The van der Waals surface area contributed by atoms with Gasteiger partial charge in [0, 0.05) is 23.4 Å². The zero-order valence-corrected chi connectivity index (χ0v) is 11.3. The highest BCUT2D eigenvalue weighted by Crippen LogP contribution is 2.19. The first-order valence-corrected chi connectivity index (χ1v) is 6.61. The first-order chi connectivity index (χ1) is 8.83. The number of imidazole rings is 1. The average Bonchev–Trinajstić information content (AvgIpc) is 2.80. The fourth-order valence-electron chi connectivity index (χ4n) is 2.00. The fourth-order valence-corrected chi connectivity index (χ4v) is 2.35. The molecule has 0 radical (unpaired) electrons. The van der Waals surface area contributed by atoms with Crippen LogP contribution in [0.2, 0.25) is 0 Å². The second-order valence-corrected chi connectivity index (χ2v) is 5.10. The number of rotatable bonds is 3. The van der Waals surface area contributed by atoms with Crippen LogP contribution >= 0.6 is 15.9 Å². The lowest BCUT2D eigenvalue weighted by Crippen LogP contribution is -2.00. The Morgan fingerprint density at radius 2 is 2.17 bits per heavy atom. The summed E-state index contributed by atoms with van der Waals surface area (Å²) in [6.45, 7) is 0.915. The lowest BCUT2D eigenvalue weighted by molar-refractivity contribution is 0.714. The number of fused-ring (bicyclic) bond motifs is 1. The van der Waals surface area contributed by atoms with Crippen molar-refractivity contribution >= 4 is 27.0 Å². The minimum absolute atomic E-state index is 0.915. The van der Waals surface area contributed by atoms with Gasteiger partial charge in [-0.15, -0.1) is 0 Å². The van der Waals surface area contributed by atoms with Crippen molar-refractivity contribution in [3.05, 3.63) is 59.1 Å². The quantitative estimate of drug-likeness (QED) is 0.742. The van der Waals surface area contributed by atoms with Gasteiger partial charge in [-0.25, -0.2) is 4.98 Å². The van der Waals surface area contributed by atoms with Gasteiger partial charge in [0.15, 0.2) is 0 Å². The van der Waals surface area contributed by atoms with Crippen LogP contribution in [-0.4, -0.2) is 14.5 Å². The van der Waals surface area contributed by atoms with Crippen LogP contribution in [0.3, 0.4) is 0 Å². The number of aryl methyl sites for hydroxylation is 2. The molecular weight excluding hydrogens is 290 g/mol. The van der Waals surface area contributed by atoms with Gasteiger partial charge in [0.05, 0.1) is 17.4 Å². The molecule has 0 fully saturated rings. The topological polar surface area (TPSA) is 30.7 Å². The number of pyridine rings is 1. The minimum Gasteiger partial charge on any atom is -0.330 e. The number of hydrogen-bond donors (Lipinski definition) is 0. The van der Waals surface area contributed by atoms with Crippen LogP contribution in [0.1, 0.15) is 5.56 Å². The van der Waals surface area contributed by atoms with Crippen LogP contribution in [0, 0.1) is 0 Å². The highest BCUT2D eigenvalue weighted by Gasteiger charge is 2.03. The predicted octanol–water partition coefficient (Wildman–Crippen LogP) is 3.44. The highest BCUT2D eigenvalue weighted by molar-refractivity contribution is 9.10. The molecule has 0 atom stereocenters. The summed E-state index contributed by atoms with van der Waals surface area (Å²) in [5.41, 5.74) is 3.44. The third-order valence-electron chi connectivity index (χ3n) is 2.95. The van der Waals surface area contributed by atoms with Gasteiger partial charge in [-0.05, 0) is 36.2 Å². The summed E-state index contributed by atoms with van der Waals surface area (Å²) in [4.78, 5) is 8.53. The first-order valence-electron chi connectivity index (χ1n) is 5.82. The second kappa shape index (κ2) is 4.90. The summed E-state index contributed by atoms with van der Waals surface area (Å²) in [7, 11) is 0. The van der Waals surface area contributed by atoms with E-state index in [4.69, 9.17) is 0 Å². The maximum absolute atomic E-state index is 4.40. The number of nitrogens with zero attached hydrogens (tertiary/aromatic N) is 3. The van der Waals surface area contributed by atoms with Gasteiger partial charge in [0.1, 0.15) is 0 Å². The molecule has 2 aromatic heterocycles. The normalized spacial score (nSPS) is 10.9. The number of hydrogen-bond acceptors (Lipinski definition) is 2. The van der Waals surface area contributed by atoms with Crippen LogP contribution < -0.4 is 0 Å². The van der Waals surface area contributed by atoms with Crippen molar-refractivity contribution in [3.8, 4) is 0 Å². The van der Waals surface area contributed by atoms with Crippen molar-refractivity contribution in [1.29, 1.82) is 0 Å². The third-order valence-corrected chi connectivity index (χ3v) is 3.44. The molecule has 0 unspecified atom stereocenters. The van der Waals surface area contributed by atoms with Crippen LogP contribution in [0.15, 0.2) is 53.5 Å². The average molecular weight is 302 g/mol. The van der Waals surface area contributed by atoms with Gasteiger partial charge in [0.2, 0.25) is 0 Å². The van der Waals surface area contributed by atoms with Gasteiger partial charge >= 0.3 is 0 Å². The lowest BCUT2D eigenvalue weighted by atomic mass is 10.2. The van der Waals surface area contributed by atoms with Crippen molar-refractivity contribution in [3.63, 3.8) is 0 Å². The molecule has 3 aromatic rings. The highest BCUT2D eigenvalue weighted by atomic mass is 79.9. The Hall–Kier alpha value is -1.68. The molecule has 0 saturated heterocycles. The molecule has 0 N–H and O–H groups in total. The van der Waals surface area contributed by atoms with E-state index in [9.17, 15) is 0 Å².